The van der Waals surface area contributed by atoms with Gasteiger partial charge in [-0.05, 0) is 73.8 Å². The molecule has 55 heavy (non-hydrogen) atoms. The Hall–Kier alpha value is -7.50. The molecule has 0 amide bonds. The van der Waals surface area contributed by atoms with Crippen LogP contribution in [0.4, 0.5) is 0 Å². The Labute approximate surface area is 316 Å². The van der Waals surface area contributed by atoms with Crippen molar-refractivity contribution in [2.24, 2.45) is 0 Å². The first-order chi connectivity index (χ1) is 27.2. The number of oxazole rings is 1. The standard InChI is InChI=1S/C50H30N4O/c1-3-13-31(14-4-1)35-20-11-21-37(29-35)47-52-48(41-24-12-19-32-15-7-9-22-38(32)41)54-49(53-47)42-30-36-18-8-10-23-39(36)45-40(42)27-25-33-26-28-43-46(44(33)45)55-50(51-43)34-16-5-2-6-17-34/h1-30H. The second kappa shape index (κ2) is 12.6. The molecule has 0 bridgehead atoms. The third-order valence-corrected chi connectivity index (χ3v) is 10.5. The van der Waals surface area contributed by atoms with Crippen molar-refractivity contribution in [2.45, 2.75) is 0 Å². The molecule has 0 radical (unpaired) electrons. The van der Waals surface area contributed by atoms with Gasteiger partial charge in [-0.15, -0.1) is 0 Å². The molecule has 0 aliphatic heterocycles. The molecule has 0 atom stereocenters. The van der Waals surface area contributed by atoms with Gasteiger partial charge >= 0.3 is 0 Å². The van der Waals surface area contributed by atoms with Gasteiger partial charge in [-0.3, -0.25) is 0 Å². The van der Waals surface area contributed by atoms with Gasteiger partial charge in [-0.2, -0.15) is 0 Å². The summed E-state index contributed by atoms with van der Waals surface area (Å²) in [5.41, 5.74) is 7.53. The predicted molar refractivity (Wildman–Crippen MR) is 225 cm³/mol. The lowest BCUT2D eigenvalue weighted by molar-refractivity contribution is 0.623. The summed E-state index contributed by atoms with van der Waals surface area (Å²) in [5.74, 6) is 2.43. The Balaban J connectivity index is 1.21. The second-order valence-corrected chi connectivity index (χ2v) is 13.8. The minimum absolute atomic E-state index is 0.597. The zero-order valence-electron chi connectivity index (χ0n) is 29.5. The van der Waals surface area contributed by atoms with Crippen LogP contribution in [0.25, 0.3) is 111 Å². The molecule has 0 spiro atoms. The van der Waals surface area contributed by atoms with Crippen LogP contribution in [0.15, 0.2) is 186 Å². The third kappa shape index (κ3) is 5.24. The van der Waals surface area contributed by atoms with E-state index in [2.05, 4.69) is 140 Å². The molecule has 2 heterocycles. The Morgan fingerprint density at radius 3 is 1.78 bits per heavy atom. The molecule has 0 fully saturated rings. The maximum atomic E-state index is 6.66. The van der Waals surface area contributed by atoms with Gasteiger partial charge in [0.25, 0.3) is 0 Å². The SMILES string of the molecule is c1ccc(-c2cccc(-c3nc(-c4cccc5ccccc45)nc(-c4cc5ccccc5c5c4ccc4ccc6nc(-c7ccccc7)oc6c45)n3)c2)cc1. The molecule has 256 valence electrons. The molecule has 0 saturated heterocycles. The van der Waals surface area contributed by atoms with Gasteiger partial charge in [-0.25, -0.2) is 19.9 Å². The Morgan fingerprint density at radius 2 is 0.945 bits per heavy atom. The van der Waals surface area contributed by atoms with Crippen LogP contribution in [-0.2, 0) is 0 Å². The summed E-state index contributed by atoms with van der Waals surface area (Å²) in [6, 6.07) is 62.9. The first-order valence-corrected chi connectivity index (χ1v) is 18.4. The summed E-state index contributed by atoms with van der Waals surface area (Å²) in [5, 5.41) is 8.60. The minimum atomic E-state index is 0.597. The van der Waals surface area contributed by atoms with Crippen LogP contribution in [-0.4, -0.2) is 19.9 Å². The molecule has 0 saturated carbocycles. The summed E-state index contributed by atoms with van der Waals surface area (Å²) in [7, 11) is 0. The van der Waals surface area contributed by atoms with Gasteiger partial charge in [0.1, 0.15) is 5.52 Å². The average molecular weight is 703 g/mol. The molecule has 5 nitrogen and oxygen atoms in total. The number of hydrogen-bond acceptors (Lipinski definition) is 5. The van der Waals surface area contributed by atoms with E-state index in [1.165, 1.54) is 0 Å². The van der Waals surface area contributed by atoms with Crippen LogP contribution in [0.1, 0.15) is 0 Å². The molecule has 0 aliphatic carbocycles. The molecule has 2 aromatic heterocycles. The summed E-state index contributed by atoms with van der Waals surface area (Å²) in [4.78, 5) is 20.8. The molecule has 9 aromatic carbocycles. The quantitative estimate of drug-likeness (QED) is 0.167. The smallest absolute Gasteiger partial charge is 0.227 e. The van der Waals surface area contributed by atoms with E-state index in [1.54, 1.807) is 0 Å². The zero-order chi connectivity index (χ0) is 36.3. The van der Waals surface area contributed by atoms with E-state index in [-0.39, 0.29) is 0 Å². The van der Waals surface area contributed by atoms with Crippen LogP contribution in [0.5, 0.6) is 0 Å². The number of aromatic nitrogens is 4. The number of benzene rings is 9. The zero-order valence-corrected chi connectivity index (χ0v) is 29.5. The van der Waals surface area contributed by atoms with Crippen molar-refractivity contribution in [1.29, 1.82) is 0 Å². The fourth-order valence-corrected chi connectivity index (χ4v) is 7.91. The van der Waals surface area contributed by atoms with Gasteiger partial charge in [0.05, 0.1) is 0 Å². The highest BCUT2D eigenvalue weighted by atomic mass is 16.3. The first-order valence-electron chi connectivity index (χ1n) is 18.4. The van der Waals surface area contributed by atoms with E-state index in [1.807, 2.05) is 42.5 Å². The van der Waals surface area contributed by atoms with Gasteiger partial charge in [0, 0.05) is 33.0 Å². The molecular weight excluding hydrogens is 673 g/mol. The van der Waals surface area contributed by atoms with Crippen molar-refractivity contribution in [2.75, 3.05) is 0 Å². The van der Waals surface area contributed by atoms with Gasteiger partial charge in [0.15, 0.2) is 23.1 Å². The van der Waals surface area contributed by atoms with E-state index in [9.17, 15) is 0 Å². The maximum absolute atomic E-state index is 6.66. The summed E-state index contributed by atoms with van der Waals surface area (Å²) >= 11 is 0. The van der Waals surface area contributed by atoms with Crippen molar-refractivity contribution >= 4 is 54.2 Å². The second-order valence-electron chi connectivity index (χ2n) is 13.8. The average Bonchev–Trinajstić information content (AvgIpc) is 3.71. The molecule has 0 aliphatic rings. The largest absolute Gasteiger partial charge is 0.435 e. The van der Waals surface area contributed by atoms with E-state index in [4.69, 9.17) is 24.4 Å². The number of hydrogen-bond donors (Lipinski definition) is 0. The molecular formula is C50H30N4O. The van der Waals surface area contributed by atoms with Crippen LogP contribution < -0.4 is 0 Å². The van der Waals surface area contributed by atoms with Gasteiger partial charge in [0.2, 0.25) is 5.89 Å². The fraction of sp³-hybridized carbons (Fsp3) is 0. The van der Waals surface area contributed by atoms with Gasteiger partial charge < -0.3 is 4.42 Å². The van der Waals surface area contributed by atoms with Crippen molar-refractivity contribution in [3.05, 3.63) is 182 Å². The van der Waals surface area contributed by atoms with Crippen LogP contribution in [0, 0.1) is 0 Å². The van der Waals surface area contributed by atoms with Crippen LogP contribution >= 0.6 is 0 Å². The Morgan fingerprint density at radius 1 is 0.327 bits per heavy atom. The lowest BCUT2D eigenvalue weighted by Gasteiger charge is -2.15. The highest BCUT2D eigenvalue weighted by molar-refractivity contribution is 6.28. The summed E-state index contributed by atoms with van der Waals surface area (Å²) < 4.78 is 6.66. The monoisotopic (exact) mass is 702 g/mol. The maximum Gasteiger partial charge on any atom is 0.227 e. The molecule has 0 N–H and O–H groups in total. The lowest BCUT2D eigenvalue weighted by Crippen LogP contribution is -2.01. The molecule has 0 unspecified atom stereocenters. The normalized spacial score (nSPS) is 11.6. The van der Waals surface area contributed by atoms with Crippen LogP contribution in [0.2, 0.25) is 0 Å². The molecule has 5 heteroatoms. The lowest BCUT2D eigenvalue weighted by atomic mass is 9.92. The molecule has 11 rings (SSSR count). The topological polar surface area (TPSA) is 64.7 Å². The highest BCUT2D eigenvalue weighted by Crippen LogP contribution is 2.42. The number of nitrogens with zero attached hydrogens (tertiary/aromatic N) is 4. The Kier molecular flexibility index (Phi) is 7.10. The molecule has 11 aromatic rings. The van der Waals surface area contributed by atoms with Crippen LogP contribution in [0.3, 0.4) is 0 Å². The highest BCUT2D eigenvalue weighted by Gasteiger charge is 2.21. The number of rotatable bonds is 5. The van der Waals surface area contributed by atoms with E-state index in [0.717, 1.165) is 87.6 Å². The third-order valence-electron chi connectivity index (χ3n) is 10.5. The van der Waals surface area contributed by atoms with Crippen molar-refractivity contribution in [3.8, 4) is 56.7 Å². The van der Waals surface area contributed by atoms with Gasteiger partial charge in [-0.1, -0.05) is 152 Å². The predicted octanol–water partition coefficient (Wildman–Crippen LogP) is 13.0. The van der Waals surface area contributed by atoms with E-state index in [0.29, 0.717) is 23.4 Å². The van der Waals surface area contributed by atoms with Crippen molar-refractivity contribution < 1.29 is 4.42 Å². The summed E-state index contributed by atoms with van der Waals surface area (Å²) in [6.07, 6.45) is 0. The van der Waals surface area contributed by atoms with Crippen molar-refractivity contribution in [1.82, 2.24) is 19.9 Å². The van der Waals surface area contributed by atoms with E-state index < -0.39 is 0 Å². The minimum Gasteiger partial charge on any atom is -0.435 e. The summed E-state index contributed by atoms with van der Waals surface area (Å²) in [6.45, 7) is 0. The first kappa shape index (κ1) is 31.1. The van der Waals surface area contributed by atoms with Crippen molar-refractivity contribution in [3.63, 3.8) is 0 Å². The van der Waals surface area contributed by atoms with E-state index >= 15 is 0 Å². The Bertz CT molecular complexity index is 3260. The fourth-order valence-electron chi connectivity index (χ4n) is 7.91. The number of fused-ring (bicyclic) bond motifs is 8.